The largest absolute Gasteiger partial charge is 0.306 e. The van der Waals surface area contributed by atoms with Gasteiger partial charge in [0.2, 0.25) is 0 Å². The highest BCUT2D eigenvalue weighted by atomic mass is 15.1. The first kappa shape index (κ1) is 10.0. The maximum Gasteiger partial charge on any atom is 0.0101 e. The fourth-order valence-corrected chi connectivity index (χ4v) is 2.02. The molecule has 0 N–H and O–H groups in total. The van der Waals surface area contributed by atoms with Crippen molar-refractivity contribution < 1.29 is 0 Å². The number of hydrogen-bond acceptors (Lipinski definition) is 2. The number of nitrogens with zero attached hydrogens (tertiary/aromatic N) is 2. The van der Waals surface area contributed by atoms with Crippen molar-refractivity contribution in [3.05, 3.63) is 0 Å². The molecular weight excluding hydrogens is 148 g/mol. The van der Waals surface area contributed by atoms with Crippen molar-refractivity contribution in [2.75, 3.05) is 34.2 Å². The predicted molar refractivity (Wildman–Crippen MR) is 53.4 cm³/mol. The minimum atomic E-state index is 0.729. The maximum atomic E-state index is 2.45. The zero-order valence-electron chi connectivity index (χ0n) is 8.88. The highest BCUT2D eigenvalue weighted by Gasteiger charge is 2.23. The normalized spacial score (nSPS) is 29.2. The Morgan fingerprint density at radius 2 is 2.08 bits per heavy atom. The van der Waals surface area contributed by atoms with Crippen LogP contribution in [0.3, 0.4) is 0 Å². The van der Waals surface area contributed by atoms with E-state index in [9.17, 15) is 0 Å². The SMILES string of the molecule is CC(C1CCCN(C)C1)N(C)C. The zero-order valence-corrected chi connectivity index (χ0v) is 8.88. The Balaban J connectivity index is 2.40. The monoisotopic (exact) mass is 170 g/mol. The lowest BCUT2D eigenvalue weighted by molar-refractivity contribution is 0.132. The quantitative estimate of drug-likeness (QED) is 0.616. The summed E-state index contributed by atoms with van der Waals surface area (Å²) in [6.45, 7) is 4.90. The standard InChI is InChI=1S/C10H22N2/c1-9(11(2)3)10-6-5-7-12(4)8-10/h9-10H,5-8H2,1-4H3. The summed E-state index contributed by atoms with van der Waals surface area (Å²) in [5.41, 5.74) is 0. The van der Waals surface area contributed by atoms with E-state index in [-0.39, 0.29) is 0 Å². The van der Waals surface area contributed by atoms with Gasteiger partial charge in [-0.25, -0.2) is 0 Å². The smallest absolute Gasteiger partial charge is 0.0101 e. The summed E-state index contributed by atoms with van der Waals surface area (Å²) in [5.74, 6) is 0.874. The Morgan fingerprint density at radius 3 is 2.58 bits per heavy atom. The van der Waals surface area contributed by atoms with Crippen molar-refractivity contribution in [2.45, 2.75) is 25.8 Å². The molecule has 1 aliphatic heterocycles. The van der Waals surface area contributed by atoms with Gasteiger partial charge in [-0.15, -0.1) is 0 Å². The van der Waals surface area contributed by atoms with Gasteiger partial charge in [-0.2, -0.15) is 0 Å². The highest BCUT2D eigenvalue weighted by Crippen LogP contribution is 2.20. The summed E-state index contributed by atoms with van der Waals surface area (Å²) in [6.07, 6.45) is 2.78. The third kappa shape index (κ3) is 2.46. The van der Waals surface area contributed by atoms with Crippen LogP contribution in [0, 0.1) is 5.92 Å². The molecule has 0 spiro atoms. The molecule has 2 heteroatoms. The Morgan fingerprint density at radius 1 is 1.42 bits per heavy atom. The summed E-state index contributed by atoms with van der Waals surface area (Å²) in [5, 5.41) is 0. The molecule has 2 atom stereocenters. The van der Waals surface area contributed by atoms with Gasteiger partial charge < -0.3 is 9.80 Å². The van der Waals surface area contributed by atoms with Gasteiger partial charge in [0.25, 0.3) is 0 Å². The molecular formula is C10H22N2. The van der Waals surface area contributed by atoms with Crippen molar-refractivity contribution in [1.82, 2.24) is 9.80 Å². The molecule has 0 saturated carbocycles. The van der Waals surface area contributed by atoms with Crippen LogP contribution in [0.1, 0.15) is 19.8 Å². The summed E-state index contributed by atoms with van der Waals surface area (Å²) >= 11 is 0. The van der Waals surface area contributed by atoms with E-state index < -0.39 is 0 Å². The summed E-state index contributed by atoms with van der Waals surface area (Å²) in [4.78, 5) is 4.79. The van der Waals surface area contributed by atoms with Crippen LogP contribution in [0.5, 0.6) is 0 Å². The molecule has 0 aromatic rings. The van der Waals surface area contributed by atoms with Crippen molar-refractivity contribution in [2.24, 2.45) is 5.92 Å². The average Bonchev–Trinajstić information content (AvgIpc) is 2.03. The highest BCUT2D eigenvalue weighted by molar-refractivity contribution is 4.78. The van der Waals surface area contributed by atoms with Crippen LogP contribution < -0.4 is 0 Å². The van der Waals surface area contributed by atoms with E-state index in [4.69, 9.17) is 0 Å². The van der Waals surface area contributed by atoms with Crippen LogP contribution in [-0.4, -0.2) is 50.1 Å². The van der Waals surface area contributed by atoms with Gasteiger partial charge in [-0.05, 0) is 53.4 Å². The molecule has 0 amide bonds. The van der Waals surface area contributed by atoms with Crippen molar-refractivity contribution >= 4 is 0 Å². The molecule has 2 unspecified atom stereocenters. The Bertz CT molecular complexity index is 134. The van der Waals surface area contributed by atoms with Gasteiger partial charge in [0, 0.05) is 12.6 Å². The fraction of sp³-hybridized carbons (Fsp3) is 1.00. The van der Waals surface area contributed by atoms with Gasteiger partial charge in [0.1, 0.15) is 0 Å². The van der Waals surface area contributed by atoms with E-state index in [1.807, 2.05) is 0 Å². The Hall–Kier alpha value is -0.0800. The molecule has 72 valence electrons. The summed E-state index contributed by atoms with van der Waals surface area (Å²) in [6, 6.07) is 0.729. The number of hydrogen-bond donors (Lipinski definition) is 0. The first-order valence-electron chi connectivity index (χ1n) is 4.96. The van der Waals surface area contributed by atoms with Crippen molar-refractivity contribution in [3.63, 3.8) is 0 Å². The van der Waals surface area contributed by atoms with Crippen molar-refractivity contribution in [3.8, 4) is 0 Å². The van der Waals surface area contributed by atoms with Gasteiger partial charge in [-0.3, -0.25) is 0 Å². The minimum absolute atomic E-state index is 0.729. The van der Waals surface area contributed by atoms with Crippen LogP contribution in [0.2, 0.25) is 0 Å². The van der Waals surface area contributed by atoms with E-state index in [2.05, 4.69) is 37.9 Å². The summed E-state index contributed by atoms with van der Waals surface area (Å²) in [7, 11) is 6.59. The van der Waals surface area contributed by atoms with Gasteiger partial charge >= 0.3 is 0 Å². The first-order chi connectivity index (χ1) is 5.61. The predicted octanol–water partition coefficient (Wildman–Crippen LogP) is 1.28. The molecule has 1 fully saturated rings. The Kier molecular flexibility index (Phi) is 3.53. The van der Waals surface area contributed by atoms with Gasteiger partial charge in [0.15, 0.2) is 0 Å². The number of rotatable bonds is 2. The second-order valence-corrected chi connectivity index (χ2v) is 4.37. The molecule has 1 rings (SSSR count). The lowest BCUT2D eigenvalue weighted by atomic mass is 9.91. The first-order valence-corrected chi connectivity index (χ1v) is 4.96. The van der Waals surface area contributed by atoms with Crippen molar-refractivity contribution in [1.29, 1.82) is 0 Å². The van der Waals surface area contributed by atoms with Crippen LogP contribution in [0.25, 0.3) is 0 Å². The van der Waals surface area contributed by atoms with Gasteiger partial charge in [-0.1, -0.05) is 0 Å². The molecule has 0 aliphatic carbocycles. The third-order valence-corrected chi connectivity index (χ3v) is 3.16. The van der Waals surface area contributed by atoms with E-state index in [0.29, 0.717) is 0 Å². The van der Waals surface area contributed by atoms with Crippen LogP contribution in [-0.2, 0) is 0 Å². The lowest BCUT2D eigenvalue weighted by Crippen LogP contribution is -2.42. The molecule has 0 bridgehead atoms. The number of piperidine rings is 1. The molecule has 12 heavy (non-hydrogen) atoms. The second-order valence-electron chi connectivity index (χ2n) is 4.37. The Labute approximate surface area is 76.5 Å². The van der Waals surface area contributed by atoms with Gasteiger partial charge in [0.05, 0.1) is 0 Å². The zero-order chi connectivity index (χ0) is 9.14. The molecule has 2 nitrogen and oxygen atoms in total. The second kappa shape index (κ2) is 4.24. The third-order valence-electron chi connectivity index (χ3n) is 3.16. The number of likely N-dealkylation sites (tertiary alicyclic amines) is 1. The minimum Gasteiger partial charge on any atom is -0.306 e. The molecule has 0 aromatic carbocycles. The van der Waals surface area contributed by atoms with Crippen LogP contribution in [0.15, 0.2) is 0 Å². The molecule has 0 aromatic heterocycles. The van der Waals surface area contributed by atoms with E-state index >= 15 is 0 Å². The van der Waals surface area contributed by atoms with E-state index in [0.717, 1.165) is 12.0 Å². The van der Waals surface area contributed by atoms with Crippen LogP contribution >= 0.6 is 0 Å². The maximum absolute atomic E-state index is 2.45. The average molecular weight is 170 g/mol. The van der Waals surface area contributed by atoms with E-state index in [1.165, 1.54) is 25.9 Å². The fourth-order valence-electron chi connectivity index (χ4n) is 2.02. The topological polar surface area (TPSA) is 6.48 Å². The molecule has 0 radical (unpaired) electrons. The van der Waals surface area contributed by atoms with E-state index in [1.54, 1.807) is 0 Å². The molecule has 1 aliphatic rings. The molecule has 1 saturated heterocycles. The molecule has 1 heterocycles. The van der Waals surface area contributed by atoms with Crippen LogP contribution in [0.4, 0.5) is 0 Å². The summed E-state index contributed by atoms with van der Waals surface area (Å²) < 4.78 is 0. The lowest BCUT2D eigenvalue weighted by Gasteiger charge is -2.36.